The van der Waals surface area contributed by atoms with Crippen molar-refractivity contribution in [3.05, 3.63) is 62.2 Å². The number of thiophene rings is 1. The van der Waals surface area contributed by atoms with Gasteiger partial charge in [-0.15, -0.1) is 11.3 Å². The van der Waals surface area contributed by atoms with Gasteiger partial charge in [0.15, 0.2) is 0 Å². The summed E-state index contributed by atoms with van der Waals surface area (Å²) in [6, 6.07) is 11.8. The van der Waals surface area contributed by atoms with Gasteiger partial charge in [-0.05, 0) is 49.4 Å². The van der Waals surface area contributed by atoms with E-state index in [1.54, 1.807) is 17.4 Å². The summed E-state index contributed by atoms with van der Waals surface area (Å²) in [5.41, 5.74) is 2.09. The maximum absolute atomic E-state index is 12.4. The van der Waals surface area contributed by atoms with E-state index in [1.165, 1.54) is 9.78 Å². The van der Waals surface area contributed by atoms with Crippen LogP contribution in [-0.4, -0.2) is 16.0 Å². The van der Waals surface area contributed by atoms with Crippen LogP contribution in [0, 0.1) is 13.8 Å². The topological polar surface area (TPSA) is 37.4 Å². The van der Waals surface area contributed by atoms with Crippen molar-refractivity contribution >= 4 is 40.3 Å². The number of nitrogens with zero attached hydrogens (tertiary/aromatic N) is 1. The number of amides is 2. The van der Waals surface area contributed by atoms with Crippen LogP contribution in [-0.2, 0) is 11.3 Å². The molecule has 2 aromatic rings. The molecule has 2 amide bonds. The van der Waals surface area contributed by atoms with Crippen LogP contribution in [0.1, 0.15) is 20.9 Å². The SMILES string of the molecule is Cc1cccc(CN2C(=O)S/C(=C/c3ccc(C)s3)C2=O)c1. The minimum absolute atomic E-state index is 0.203. The first-order valence-electron chi connectivity index (χ1n) is 6.90. The largest absolute Gasteiger partial charge is 0.293 e. The molecule has 0 radical (unpaired) electrons. The van der Waals surface area contributed by atoms with Gasteiger partial charge >= 0.3 is 0 Å². The van der Waals surface area contributed by atoms with Gasteiger partial charge < -0.3 is 0 Å². The zero-order chi connectivity index (χ0) is 15.7. The Balaban J connectivity index is 1.81. The van der Waals surface area contributed by atoms with Gasteiger partial charge in [-0.1, -0.05) is 29.8 Å². The van der Waals surface area contributed by atoms with Crippen LogP contribution in [0.5, 0.6) is 0 Å². The first-order valence-corrected chi connectivity index (χ1v) is 8.53. The number of hydrogen-bond acceptors (Lipinski definition) is 4. The van der Waals surface area contributed by atoms with Crippen LogP contribution in [0.25, 0.3) is 6.08 Å². The van der Waals surface area contributed by atoms with E-state index in [1.807, 2.05) is 50.2 Å². The Labute approximate surface area is 137 Å². The second-order valence-corrected chi connectivity index (χ2v) is 7.52. The molecule has 0 N–H and O–H groups in total. The Kier molecular flexibility index (Phi) is 4.18. The van der Waals surface area contributed by atoms with Crippen LogP contribution >= 0.6 is 23.1 Å². The lowest BCUT2D eigenvalue weighted by Gasteiger charge is -2.12. The molecule has 112 valence electrons. The molecule has 0 unspecified atom stereocenters. The predicted molar refractivity (Wildman–Crippen MR) is 91.7 cm³/mol. The molecule has 1 fully saturated rings. The number of rotatable bonds is 3. The number of carbonyl (C=O) groups is 2. The molecule has 22 heavy (non-hydrogen) atoms. The molecule has 1 aliphatic rings. The minimum Gasteiger partial charge on any atom is -0.268 e. The van der Waals surface area contributed by atoms with Crippen molar-refractivity contribution in [3.8, 4) is 0 Å². The third-order valence-electron chi connectivity index (χ3n) is 3.33. The van der Waals surface area contributed by atoms with Crippen molar-refractivity contribution in [2.45, 2.75) is 20.4 Å². The summed E-state index contributed by atoms with van der Waals surface area (Å²) in [5.74, 6) is -0.206. The molecular weight excluding hydrogens is 314 g/mol. The van der Waals surface area contributed by atoms with E-state index in [9.17, 15) is 9.59 Å². The fourth-order valence-electron chi connectivity index (χ4n) is 2.29. The molecule has 1 aromatic carbocycles. The molecule has 0 bridgehead atoms. The lowest BCUT2D eigenvalue weighted by Crippen LogP contribution is -2.27. The third kappa shape index (κ3) is 3.15. The van der Waals surface area contributed by atoms with Crippen molar-refractivity contribution in [1.82, 2.24) is 4.90 Å². The van der Waals surface area contributed by atoms with Gasteiger partial charge in [-0.2, -0.15) is 0 Å². The van der Waals surface area contributed by atoms with Gasteiger partial charge in [0.1, 0.15) is 0 Å². The van der Waals surface area contributed by atoms with Gasteiger partial charge in [0.2, 0.25) is 0 Å². The monoisotopic (exact) mass is 329 g/mol. The van der Waals surface area contributed by atoms with Crippen LogP contribution < -0.4 is 0 Å². The van der Waals surface area contributed by atoms with E-state index < -0.39 is 0 Å². The number of hydrogen-bond donors (Lipinski definition) is 0. The van der Waals surface area contributed by atoms with Gasteiger partial charge in [0, 0.05) is 9.75 Å². The van der Waals surface area contributed by atoms with Crippen LogP contribution in [0.3, 0.4) is 0 Å². The summed E-state index contributed by atoms with van der Waals surface area (Å²) in [6.07, 6.45) is 1.80. The number of carbonyl (C=O) groups excluding carboxylic acids is 2. The maximum atomic E-state index is 12.4. The molecule has 5 heteroatoms. The molecule has 1 aliphatic heterocycles. The first-order chi connectivity index (χ1) is 10.5. The Bertz CT molecular complexity index is 776. The van der Waals surface area contributed by atoms with Crippen molar-refractivity contribution < 1.29 is 9.59 Å². The van der Waals surface area contributed by atoms with Gasteiger partial charge in [-0.3, -0.25) is 14.5 Å². The Hall–Kier alpha value is -1.85. The lowest BCUT2D eigenvalue weighted by atomic mass is 10.1. The van der Waals surface area contributed by atoms with E-state index in [0.29, 0.717) is 11.4 Å². The molecule has 0 spiro atoms. The average Bonchev–Trinajstić information content (AvgIpc) is 2.98. The Morgan fingerprint density at radius 1 is 1.14 bits per heavy atom. The fourth-order valence-corrected chi connectivity index (χ4v) is 4.01. The van der Waals surface area contributed by atoms with Gasteiger partial charge in [-0.25, -0.2) is 0 Å². The third-order valence-corrected chi connectivity index (χ3v) is 5.19. The molecule has 1 aromatic heterocycles. The quantitative estimate of drug-likeness (QED) is 0.772. The molecule has 1 saturated heterocycles. The average molecular weight is 329 g/mol. The number of benzene rings is 1. The number of thioether (sulfide) groups is 1. The second kappa shape index (κ2) is 6.10. The van der Waals surface area contributed by atoms with E-state index in [-0.39, 0.29) is 11.1 Å². The zero-order valence-corrected chi connectivity index (χ0v) is 14.0. The molecule has 0 saturated carbocycles. The highest BCUT2D eigenvalue weighted by Gasteiger charge is 2.35. The van der Waals surface area contributed by atoms with Crippen molar-refractivity contribution in [1.29, 1.82) is 0 Å². The van der Waals surface area contributed by atoms with Gasteiger partial charge in [0.25, 0.3) is 11.1 Å². The summed E-state index contributed by atoms with van der Waals surface area (Å²) in [6.45, 7) is 4.34. The van der Waals surface area contributed by atoms with Crippen LogP contribution in [0.4, 0.5) is 4.79 Å². The predicted octanol–water partition coefficient (Wildman–Crippen LogP) is 4.60. The maximum Gasteiger partial charge on any atom is 0.293 e. The van der Waals surface area contributed by atoms with Gasteiger partial charge in [0.05, 0.1) is 11.4 Å². The molecule has 0 atom stereocenters. The molecule has 3 rings (SSSR count). The molecule has 3 nitrogen and oxygen atoms in total. The number of imide groups is 1. The summed E-state index contributed by atoms with van der Waals surface area (Å²) < 4.78 is 0. The first kappa shape index (κ1) is 15.1. The highest BCUT2D eigenvalue weighted by molar-refractivity contribution is 8.18. The van der Waals surface area contributed by atoms with Crippen molar-refractivity contribution in [2.24, 2.45) is 0 Å². The number of aryl methyl sites for hydroxylation is 2. The Morgan fingerprint density at radius 3 is 2.64 bits per heavy atom. The minimum atomic E-state index is -0.206. The van der Waals surface area contributed by atoms with E-state index in [0.717, 1.165) is 27.8 Å². The zero-order valence-electron chi connectivity index (χ0n) is 12.3. The van der Waals surface area contributed by atoms with E-state index in [4.69, 9.17) is 0 Å². The van der Waals surface area contributed by atoms with E-state index >= 15 is 0 Å². The van der Waals surface area contributed by atoms with Crippen LogP contribution in [0.2, 0.25) is 0 Å². The highest BCUT2D eigenvalue weighted by atomic mass is 32.2. The van der Waals surface area contributed by atoms with Crippen molar-refractivity contribution in [3.63, 3.8) is 0 Å². The second-order valence-electron chi connectivity index (χ2n) is 5.21. The highest BCUT2D eigenvalue weighted by Crippen LogP contribution is 2.34. The molecule has 0 aliphatic carbocycles. The fraction of sp³-hybridized carbons (Fsp3) is 0.176. The van der Waals surface area contributed by atoms with E-state index in [2.05, 4.69) is 0 Å². The summed E-state index contributed by atoms with van der Waals surface area (Å²) >= 11 is 2.63. The molecular formula is C17H15NO2S2. The normalized spacial score (nSPS) is 16.8. The Morgan fingerprint density at radius 2 is 1.95 bits per heavy atom. The molecule has 2 heterocycles. The summed E-state index contributed by atoms with van der Waals surface area (Å²) in [5, 5.41) is -0.203. The van der Waals surface area contributed by atoms with Crippen LogP contribution in [0.15, 0.2) is 41.3 Å². The summed E-state index contributed by atoms with van der Waals surface area (Å²) in [7, 11) is 0. The standard InChI is InChI=1S/C17H15NO2S2/c1-11-4-3-5-13(8-11)10-18-16(19)15(22-17(18)20)9-14-7-6-12(2)21-14/h3-9H,10H2,1-2H3/b15-9+. The lowest BCUT2D eigenvalue weighted by molar-refractivity contribution is -0.123. The smallest absolute Gasteiger partial charge is 0.268 e. The van der Waals surface area contributed by atoms with Crippen molar-refractivity contribution in [2.75, 3.05) is 0 Å². The summed E-state index contributed by atoms with van der Waals surface area (Å²) in [4.78, 5) is 28.5.